The van der Waals surface area contributed by atoms with Gasteiger partial charge in [-0.1, -0.05) is 36.4 Å². The van der Waals surface area contributed by atoms with Crippen molar-refractivity contribution in [1.29, 1.82) is 0 Å². The lowest BCUT2D eigenvalue weighted by Gasteiger charge is -2.27. The molecule has 3 aromatic carbocycles. The molecule has 1 aromatic heterocycles. The Morgan fingerprint density at radius 1 is 0.967 bits per heavy atom. The van der Waals surface area contributed by atoms with Crippen molar-refractivity contribution in [2.24, 2.45) is 0 Å². The molecular weight excluding hydrogens is 370 g/mol. The Balaban J connectivity index is 1.65. The van der Waals surface area contributed by atoms with Gasteiger partial charge >= 0.3 is 6.03 Å². The second-order valence-electron chi connectivity index (χ2n) is 8.13. The summed E-state index contributed by atoms with van der Waals surface area (Å²) in [4.78, 5) is 14.9. The number of aryl methyl sites for hydroxylation is 2. The van der Waals surface area contributed by atoms with E-state index in [1.807, 2.05) is 36.1 Å². The van der Waals surface area contributed by atoms with Crippen molar-refractivity contribution >= 4 is 33.5 Å². The molecule has 4 heteroatoms. The zero-order chi connectivity index (χ0) is 21.3. The fourth-order valence-electron chi connectivity index (χ4n) is 4.14. The molecule has 0 saturated heterocycles. The molecule has 0 saturated carbocycles. The highest BCUT2D eigenvalue weighted by atomic mass is 16.2. The van der Waals surface area contributed by atoms with Crippen molar-refractivity contribution in [2.45, 2.75) is 46.8 Å². The summed E-state index contributed by atoms with van der Waals surface area (Å²) in [5.41, 5.74) is 5.58. The number of carbonyl (C=O) groups excluding carboxylic acids is 1. The normalized spacial score (nSPS) is 11.4. The molecule has 2 amide bonds. The molecule has 30 heavy (non-hydrogen) atoms. The van der Waals surface area contributed by atoms with E-state index in [2.05, 4.69) is 73.1 Å². The molecule has 4 aromatic rings. The standard InChI is InChI=1S/C26H29N3O/c1-5-28-24-12-7-6-11-22(24)23-16-20(13-14-25(23)28)17-29(18(2)3)26(30)27-21-10-8-9-19(4)15-21/h6-16,18H,5,17H2,1-4H3,(H,27,30). The summed E-state index contributed by atoms with van der Waals surface area (Å²) in [7, 11) is 0. The van der Waals surface area contributed by atoms with Crippen molar-refractivity contribution < 1.29 is 4.79 Å². The number of amides is 2. The first kappa shape index (κ1) is 20.0. The number of rotatable bonds is 5. The zero-order valence-corrected chi connectivity index (χ0v) is 18.1. The number of benzene rings is 3. The minimum absolute atomic E-state index is 0.0771. The smallest absolute Gasteiger partial charge is 0.322 e. The van der Waals surface area contributed by atoms with E-state index >= 15 is 0 Å². The molecule has 0 aliphatic carbocycles. The Hall–Kier alpha value is -3.27. The number of aromatic nitrogens is 1. The molecule has 0 atom stereocenters. The molecule has 0 aliphatic rings. The van der Waals surface area contributed by atoms with E-state index in [9.17, 15) is 4.79 Å². The van der Waals surface area contributed by atoms with Crippen molar-refractivity contribution in [3.63, 3.8) is 0 Å². The second kappa shape index (κ2) is 8.23. The van der Waals surface area contributed by atoms with Crippen LogP contribution in [0.3, 0.4) is 0 Å². The van der Waals surface area contributed by atoms with Crippen LogP contribution in [0.5, 0.6) is 0 Å². The Morgan fingerprint density at radius 2 is 1.73 bits per heavy atom. The average Bonchev–Trinajstić information content (AvgIpc) is 3.04. The summed E-state index contributed by atoms with van der Waals surface area (Å²) < 4.78 is 2.35. The summed E-state index contributed by atoms with van der Waals surface area (Å²) in [5.74, 6) is 0. The van der Waals surface area contributed by atoms with Crippen LogP contribution in [-0.2, 0) is 13.1 Å². The third-order valence-electron chi connectivity index (χ3n) is 5.66. The predicted octanol–water partition coefficient (Wildman–Crippen LogP) is 6.57. The predicted molar refractivity (Wildman–Crippen MR) is 126 cm³/mol. The molecule has 0 fully saturated rings. The number of hydrogen-bond donors (Lipinski definition) is 1. The fraction of sp³-hybridized carbons (Fsp3) is 0.269. The van der Waals surface area contributed by atoms with E-state index in [1.54, 1.807) is 0 Å². The lowest BCUT2D eigenvalue weighted by Crippen LogP contribution is -2.39. The van der Waals surface area contributed by atoms with Crippen molar-refractivity contribution in [1.82, 2.24) is 9.47 Å². The van der Waals surface area contributed by atoms with E-state index in [0.717, 1.165) is 23.4 Å². The minimum atomic E-state index is -0.0771. The number of urea groups is 1. The highest BCUT2D eigenvalue weighted by Gasteiger charge is 2.18. The molecule has 4 rings (SSSR count). The zero-order valence-electron chi connectivity index (χ0n) is 18.1. The molecule has 4 nitrogen and oxygen atoms in total. The summed E-state index contributed by atoms with van der Waals surface area (Å²) in [6, 6.07) is 23.0. The van der Waals surface area contributed by atoms with E-state index in [1.165, 1.54) is 21.8 Å². The average molecular weight is 400 g/mol. The van der Waals surface area contributed by atoms with Crippen LogP contribution in [-0.4, -0.2) is 21.5 Å². The highest BCUT2D eigenvalue weighted by molar-refractivity contribution is 6.08. The van der Waals surface area contributed by atoms with Gasteiger partial charge in [0.25, 0.3) is 0 Å². The van der Waals surface area contributed by atoms with Crippen LogP contribution in [0.15, 0.2) is 66.7 Å². The van der Waals surface area contributed by atoms with Gasteiger partial charge in [0.15, 0.2) is 0 Å². The Morgan fingerprint density at radius 3 is 2.47 bits per heavy atom. The molecule has 0 aliphatic heterocycles. The highest BCUT2D eigenvalue weighted by Crippen LogP contribution is 2.30. The van der Waals surface area contributed by atoms with Gasteiger partial charge in [-0.2, -0.15) is 0 Å². The topological polar surface area (TPSA) is 37.3 Å². The van der Waals surface area contributed by atoms with Gasteiger partial charge in [0.2, 0.25) is 0 Å². The van der Waals surface area contributed by atoms with Crippen molar-refractivity contribution in [3.8, 4) is 0 Å². The van der Waals surface area contributed by atoms with E-state index in [-0.39, 0.29) is 12.1 Å². The van der Waals surface area contributed by atoms with E-state index in [4.69, 9.17) is 0 Å². The number of nitrogens with zero attached hydrogens (tertiary/aromatic N) is 2. The molecule has 0 spiro atoms. The van der Waals surface area contributed by atoms with Crippen LogP contribution in [0.25, 0.3) is 21.8 Å². The first-order chi connectivity index (χ1) is 14.5. The Kier molecular flexibility index (Phi) is 5.49. The van der Waals surface area contributed by atoms with E-state index in [0.29, 0.717) is 6.54 Å². The van der Waals surface area contributed by atoms with Gasteiger partial charge in [-0.25, -0.2) is 4.79 Å². The summed E-state index contributed by atoms with van der Waals surface area (Å²) in [6.07, 6.45) is 0. The largest absolute Gasteiger partial charge is 0.341 e. The molecule has 154 valence electrons. The lowest BCUT2D eigenvalue weighted by molar-refractivity contribution is 0.193. The molecule has 1 N–H and O–H groups in total. The third kappa shape index (κ3) is 3.78. The number of carbonyl (C=O) groups is 1. The summed E-state index contributed by atoms with van der Waals surface area (Å²) in [5, 5.41) is 5.55. The van der Waals surface area contributed by atoms with Gasteiger partial charge in [-0.3, -0.25) is 0 Å². The van der Waals surface area contributed by atoms with Crippen molar-refractivity contribution in [3.05, 3.63) is 77.9 Å². The number of hydrogen-bond acceptors (Lipinski definition) is 1. The van der Waals surface area contributed by atoms with Crippen LogP contribution in [0, 0.1) is 6.92 Å². The Labute approximate surface area is 178 Å². The number of nitrogens with one attached hydrogen (secondary N) is 1. The van der Waals surface area contributed by atoms with Crippen LogP contribution < -0.4 is 5.32 Å². The molecule has 0 radical (unpaired) electrons. The third-order valence-corrected chi connectivity index (χ3v) is 5.66. The van der Waals surface area contributed by atoms with Gasteiger partial charge in [0.05, 0.1) is 0 Å². The monoisotopic (exact) mass is 399 g/mol. The van der Waals surface area contributed by atoms with Gasteiger partial charge in [-0.05, 0) is 69.2 Å². The van der Waals surface area contributed by atoms with Gasteiger partial charge in [-0.15, -0.1) is 0 Å². The van der Waals surface area contributed by atoms with Gasteiger partial charge in [0, 0.05) is 46.6 Å². The molecule has 1 heterocycles. The van der Waals surface area contributed by atoms with Crippen molar-refractivity contribution in [2.75, 3.05) is 5.32 Å². The minimum Gasteiger partial charge on any atom is -0.341 e. The van der Waals surface area contributed by atoms with Crippen LogP contribution >= 0.6 is 0 Å². The maximum Gasteiger partial charge on any atom is 0.322 e. The van der Waals surface area contributed by atoms with Gasteiger partial charge in [0.1, 0.15) is 0 Å². The summed E-state index contributed by atoms with van der Waals surface area (Å²) >= 11 is 0. The maximum absolute atomic E-state index is 13.0. The van der Waals surface area contributed by atoms with Crippen LogP contribution in [0.2, 0.25) is 0 Å². The summed E-state index contributed by atoms with van der Waals surface area (Å²) in [6.45, 7) is 9.81. The first-order valence-corrected chi connectivity index (χ1v) is 10.6. The number of para-hydroxylation sites is 1. The molecular formula is C26H29N3O. The van der Waals surface area contributed by atoms with Crippen LogP contribution in [0.4, 0.5) is 10.5 Å². The molecule has 0 bridgehead atoms. The molecule has 0 unspecified atom stereocenters. The lowest BCUT2D eigenvalue weighted by atomic mass is 10.1. The number of anilines is 1. The second-order valence-corrected chi connectivity index (χ2v) is 8.13. The fourth-order valence-corrected chi connectivity index (χ4v) is 4.14. The maximum atomic E-state index is 13.0. The van der Waals surface area contributed by atoms with E-state index < -0.39 is 0 Å². The Bertz CT molecular complexity index is 1210. The SMILES string of the molecule is CCn1c2ccccc2c2cc(CN(C(=O)Nc3cccc(C)c3)C(C)C)ccc21. The number of fused-ring (bicyclic) bond motifs is 3. The first-order valence-electron chi connectivity index (χ1n) is 10.6. The van der Waals surface area contributed by atoms with Gasteiger partial charge < -0.3 is 14.8 Å². The quantitative estimate of drug-likeness (QED) is 0.405. The van der Waals surface area contributed by atoms with Crippen LogP contribution in [0.1, 0.15) is 31.9 Å².